The Hall–Kier alpha value is -1.11. The van der Waals surface area contributed by atoms with E-state index in [1.807, 2.05) is 0 Å². The van der Waals surface area contributed by atoms with Gasteiger partial charge in [-0.15, -0.1) is 4.83 Å². The molecule has 100 valence electrons. The van der Waals surface area contributed by atoms with Crippen LogP contribution in [0.3, 0.4) is 0 Å². The zero-order chi connectivity index (χ0) is 13.0. The summed E-state index contributed by atoms with van der Waals surface area (Å²) in [4.78, 5) is 2.93. The average molecular weight is 269 g/mol. The lowest BCUT2D eigenvalue weighted by atomic mass is 10.2. The summed E-state index contributed by atoms with van der Waals surface area (Å²) < 4.78 is 24.3. The molecule has 0 saturated carbocycles. The number of benzene rings is 1. The summed E-state index contributed by atoms with van der Waals surface area (Å²) in [6, 6.07) is 6.73. The normalized spacial score (nSPS) is 17.6. The molecule has 0 aliphatic carbocycles. The topological polar surface area (TPSA) is 61.4 Å². The van der Waals surface area contributed by atoms with Gasteiger partial charge in [-0.3, -0.25) is 0 Å². The van der Waals surface area contributed by atoms with Crippen molar-refractivity contribution in [2.75, 3.05) is 25.5 Å². The smallest absolute Gasteiger partial charge is 0.253 e. The lowest BCUT2D eigenvalue weighted by Gasteiger charge is -2.26. The van der Waals surface area contributed by atoms with Gasteiger partial charge in [-0.25, -0.2) is 13.4 Å². The van der Waals surface area contributed by atoms with E-state index in [1.54, 1.807) is 36.3 Å². The largest absolute Gasteiger partial charge is 0.388 e. The minimum atomic E-state index is -3.44. The van der Waals surface area contributed by atoms with Crippen molar-refractivity contribution in [1.82, 2.24) is 9.84 Å². The van der Waals surface area contributed by atoms with Crippen molar-refractivity contribution in [3.05, 3.63) is 24.3 Å². The van der Waals surface area contributed by atoms with Crippen LogP contribution in [0.15, 0.2) is 29.2 Å². The van der Waals surface area contributed by atoms with Gasteiger partial charge in [0.05, 0.1) is 4.90 Å². The number of hydrazine groups is 1. The predicted octanol–water partition coefficient (Wildman–Crippen LogP) is 1.41. The van der Waals surface area contributed by atoms with E-state index < -0.39 is 10.0 Å². The highest BCUT2D eigenvalue weighted by Crippen LogP contribution is 2.15. The highest BCUT2D eigenvalue weighted by atomic mass is 32.2. The molecule has 0 aromatic heterocycles. The van der Waals surface area contributed by atoms with Crippen LogP contribution in [0, 0.1) is 0 Å². The highest BCUT2D eigenvalue weighted by molar-refractivity contribution is 7.89. The summed E-state index contributed by atoms with van der Waals surface area (Å²) in [5.74, 6) is 0. The first-order valence-electron chi connectivity index (χ1n) is 6.17. The van der Waals surface area contributed by atoms with Crippen molar-refractivity contribution in [3.8, 4) is 0 Å². The van der Waals surface area contributed by atoms with Crippen molar-refractivity contribution in [1.29, 1.82) is 0 Å². The van der Waals surface area contributed by atoms with E-state index in [2.05, 4.69) is 10.1 Å². The molecule has 1 saturated heterocycles. The van der Waals surface area contributed by atoms with E-state index in [9.17, 15) is 8.42 Å². The van der Waals surface area contributed by atoms with Gasteiger partial charge >= 0.3 is 0 Å². The Bertz CT molecular complexity index is 479. The third kappa shape index (κ3) is 3.22. The zero-order valence-corrected chi connectivity index (χ0v) is 11.3. The Balaban J connectivity index is 2.08. The molecule has 2 N–H and O–H groups in total. The Morgan fingerprint density at radius 1 is 1.06 bits per heavy atom. The van der Waals surface area contributed by atoms with Crippen LogP contribution in [-0.2, 0) is 10.0 Å². The van der Waals surface area contributed by atoms with Gasteiger partial charge < -0.3 is 5.32 Å². The monoisotopic (exact) mass is 269 g/mol. The van der Waals surface area contributed by atoms with Gasteiger partial charge in [-0.05, 0) is 37.1 Å². The van der Waals surface area contributed by atoms with Crippen molar-refractivity contribution < 1.29 is 8.42 Å². The molecule has 0 atom stereocenters. The third-order valence-corrected chi connectivity index (χ3v) is 4.45. The fourth-order valence-corrected chi connectivity index (χ4v) is 3.13. The molecule has 18 heavy (non-hydrogen) atoms. The molecule has 1 heterocycles. The van der Waals surface area contributed by atoms with Gasteiger partial charge in [-0.2, -0.15) is 0 Å². The van der Waals surface area contributed by atoms with E-state index in [1.165, 1.54) is 6.42 Å². The lowest BCUT2D eigenvalue weighted by Crippen LogP contribution is -2.44. The molecule has 0 bridgehead atoms. The van der Waals surface area contributed by atoms with Crippen molar-refractivity contribution in [2.45, 2.75) is 24.2 Å². The van der Waals surface area contributed by atoms with Gasteiger partial charge in [-0.1, -0.05) is 6.42 Å². The first kappa shape index (κ1) is 13.3. The summed E-state index contributed by atoms with van der Waals surface area (Å²) in [5.41, 5.74) is 0.895. The summed E-state index contributed by atoms with van der Waals surface area (Å²) in [7, 11) is -1.64. The van der Waals surface area contributed by atoms with Gasteiger partial charge in [0, 0.05) is 25.8 Å². The molecular weight excluding hydrogens is 250 g/mol. The molecule has 0 unspecified atom stereocenters. The maximum Gasteiger partial charge on any atom is 0.253 e. The number of nitrogens with one attached hydrogen (secondary N) is 2. The fourth-order valence-electron chi connectivity index (χ4n) is 2.01. The lowest BCUT2D eigenvalue weighted by molar-refractivity contribution is 0.200. The summed E-state index contributed by atoms with van der Waals surface area (Å²) in [5, 5.41) is 4.74. The Labute approximate surface area is 108 Å². The van der Waals surface area contributed by atoms with Crippen LogP contribution >= 0.6 is 0 Å². The van der Waals surface area contributed by atoms with Crippen LogP contribution in [0.25, 0.3) is 0 Å². The van der Waals surface area contributed by atoms with E-state index in [4.69, 9.17) is 0 Å². The molecule has 1 aromatic carbocycles. The fraction of sp³-hybridized carbons (Fsp3) is 0.500. The number of nitrogens with zero attached hydrogens (tertiary/aromatic N) is 1. The molecule has 1 aromatic rings. The highest BCUT2D eigenvalue weighted by Gasteiger charge is 2.19. The molecule has 5 nitrogen and oxygen atoms in total. The predicted molar refractivity (Wildman–Crippen MR) is 71.7 cm³/mol. The maximum atomic E-state index is 12.1. The van der Waals surface area contributed by atoms with Crippen LogP contribution in [0.5, 0.6) is 0 Å². The molecule has 1 aliphatic heterocycles. The molecule has 6 heteroatoms. The SMILES string of the molecule is CNc1ccc(S(=O)(=O)NN2CCCCC2)cc1. The summed E-state index contributed by atoms with van der Waals surface area (Å²) in [6.07, 6.45) is 3.26. The molecule has 0 spiro atoms. The number of sulfonamides is 1. The minimum Gasteiger partial charge on any atom is -0.388 e. The molecule has 1 aliphatic rings. The molecule has 2 rings (SSSR count). The molecule has 0 amide bonds. The van der Waals surface area contributed by atoms with Crippen LogP contribution in [0.1, 0.15) is 19.3 Å². The van der Waals surface area contributed by atoms with E-state index in [0.717, 1.165) is 31.6 Å². The van der Waals surface area contributed by atoms with Crippen LogP contribution in [0.4, 0.5) is 5.69 Å². The molecule has 0 radical (unpaired) electrons. The quantitative estimate of drug-likeness (QED) is 0.867. The number of piperidine rings is 1. The second-order valence-corrected chi connectivity index (χ2v) is 6.08. The van der Waals surface area contributed by atoms with Crippen LogP contribution in [-0.4, -0.2) is 33.6 Å². The number of hydrogen-bond acceptors (Lipinski definition) is 4. The first-order valence-corrected chi connectivity index (χ1v) is 7.65. The Morgan fingerprint density at radius 2 is 1.67 bits per heavy atom. The van der Waals surface area contributed by atoms with Gasteiger partial charge in [0.1, 0.15) is 0 Å². The zero-order valence-electron chi connectivity index (χ0n) is 10.5. The number of rotatable bonds is 4. The summed E-state index contributed by atoms with van der Waals surface area (Å²) >= 11 is 0. The second kappa shape index (κ2) is 5.69. The third-order valence-electron chi connectivity index (χ3n) is 3.06. The van der Waals surface area contributed by atoms with Gasteiger partial charge in [0.2, 0.25) is 0 Å². The molecule has 1 fully saturated rings. The standard InChI is InChI=1S/C12H19N3O2S/c1-13-11-5-7-12(8-6-11)18(16,17)14-15-9-3-2-4-10-15/h5-8,13-14H,2-4,9-10H2,1H3. The molecular formula is C12H19N3O2S. The van der Waals surface area contributed by atoms with E-state index >= 15 is 0 Å². The number of hydrogen-bond donors (Lipinski definition) is 2. The second-order valence-electron chi connectivity index (χ2n) is 4.42. The van der Waals surface area contributed by atoms with Crippen molar-refractivity contribution in [2.24, 2.45) is 0 Å². The van der Waals surface area contributed by atoms with Crippen molar-refractivity contribution in [3.63, 3.8) is 0 Å². The first-order chi connectivity index (χ1) is 8.62. The minimum absolute atomic E-state index is 0.298. The van der Waals surface area contributed by atoms with Crippen LogP contribution < -0.4 is 10.1 Å². The average Bonchev–Trinajstić information content (AvgIpc) is 2.39. The summed E-state index contributed by atoms with van der Waals surface area (Å²) in [6.45, 7) is 1.57. The van der Waals surface area contributed by atoms with E-state index in [-0.39, 0.29) is 0 Å². The maximum absolute atomic E-state index is 12.1. The van der Waals surface area contributed by atoms with Gasteiger partial charge in [0.15, 0.2) is 0 Å². The Morgan fingerprint density at radius 3 is 2.22 bits per heavy atom. The Kier molecular flexibility index (Phi) is 4.21. The number of anilines is 1. The van der Waals surface area contributed by atoms with Crippen LogP contribution in [0.2, 0.25) is 0 Å². The van der Waals surface area contributed by atoms with E-state index in [0.29, 0.717) is 4.90 Å². The van der Waals surface area contributed by atoms with Crippen molar-refractivity contribution >= 4 is 15.7 Å². The van der Waals surface area contributed by atoms with Gasteiger partial charge in [0.25, 0.3) is 10.0 Å².